The van der Waals surface area contributed by atoms with E-state index in [1.165, 1.54) is 0 Å². The van der Waals surface area contributed by atoms with E-state index in [4.69, 9.17) is 14.6 Å². The maximum absolute atomic E-state index is 12.5. The quantitative estimate of drug-likeness (QED) is 0.600. The molecule has 1 heterocycles. The lowest BCUT2D eigenvalue weighted by atomic mass is 10.1. The molecule has 7 nitrogen and oxygen atoms in total. The van der Waals surface area contributed by atoms with Crippen molar-refractivity contribution in [1.29, 1.82) is 0 Å². The van der Waals surface area contributed by atoms with Gasteiger partial charge in [0, 0.05) is 11.3 Å². The van der Waals surface area contributed by atoms with Crippen LogP contribution in [0.3, 0.4) is 0 Å². The van der Waals surface area contributed by atoms with Crippen LogP contribution in [-0.2, 0) is 16.0 Å². The van der Waals surface area contributed by atoms with Gasteiger partial charge in [-0.1, -0.05) is 18.2 Å². The summed E-state index contributed by atoms with van der Waals surface area (Å²) < 4.78 is 11.7. The average molecular weight is 422 g/mol. The molecule has 0 spiro atoms. The molecule has 1 amide bonds. The van der Waals surface area contributed by atoms with Crippen LogP contribution >= 0.6 is 0 Å². The van der Waals surface area contributed by atoms with Crippen molar-refractivity contribution in [1.82, 2.24) is 5.32 Å². The van der Waals surface area contributed by atoms with E-state index in [-0.39, 0.29) is 18.4 Å². The van der Waals surface area contributed by atoms with Crippen LogP contribution in [0.4, 0.5) is 5.69 Å². The van der Waals surface area contributed by atoms with E-state index in [0.29, 0.717) is 35.7 Å². The van der Waals surface area contributed by atoms with E-state index >= 15 is 0 Å². The van der Waals surface area contributed by atoms with Crippen molar-refractivity contribution in [3.05, 3.63) is 83.3 Å². The molecule has 7 heteroatoms. The van der Waals surface area contributed by atoms with Crippen LogP contribution in [0.1, 0.15) is 29.8 Å². The molecular weight excluding hydrogens is 396 g/mol. The molecule has 1 aliphatic rings. The first-order valence-corrected chi connectivity index (χ1v) is 10.0. The number of hydrogen-bond donors (Lipinski definition) is 3. The summed E-state index contributed by atoms with van der Waals surface area (Å²) in [5.74, 6) is 0.274. The number of carboxylic acid groups (broad SMARTS) is 1. The van der Waals surface area contributed by atoms with Crippen molar-refractivity contribution in [3.8, 4) is 5.75 Å². The van der Waals surface area contributed by atoms with Crippen LogP contribution in [0.5, 0.6) is 5.75 Å². The molecule has 162 valence electrons. The molecule has 0 saturated heterocycles. The van der Waals surface area contributed by atoms with Gasteiger partial charge >= 0.3 is 5.97 Å². The fourth-order valence-electron chi connectivity index (χ4n) is 3.17. The largest absolute Gasteiger partial charge is 0.490 e. The summed E-state index contributed by atoms with van der Waals surface area (Å²) in [5, 5.41) is 15.0. The lowest BCUT2D eigenvalue weighted by molar-refractivity contribution is -0.136. The van der Waals surface area contributed by atoms with E-state index in [0.717, 1.165) is 11.5 Å². The number of carbonyl (C=O) groups is 2. The second-order valence-corrected chi connectivity index (χ2v) is 7.15. The lowest BCUT2D eigenvalue weighted by Gasteiger charge is -2.27. The number of aliphatic carboxylic acids is 1. The van der Waals surface area contributed by atoms with Crippen molar-refractivity contribution in [2.45, 2.75) is 26.4 Å². The number of hydrogen-bond acceptors (Lipinski definition) is 5. The Morgan fingerprint density at radius 3 is 2.71 bits per heavy atom. The number of anilines is 1. The summed E-state index contributed by atoms with van der Waals surface area (Å²) >= 11 is 0. The third-order valence-electron chi connectivity index (χ3n) is 4.67. The first kappa shape index (κ1) is 22.0. The van der Waals surface area contributed by atoms with Crippen molar-refractivity contribution in [3.63, 3.8) is 0 Å². The van der Waals surface area contributed by atoms with Crippen LogP contribution in [0.25, 0.3) is 0 Å². The van der Waals surface area contributed by atoms with Gasteiger partial charge in [-0.15, -0.1) is 0 Å². The van der Waals surface area contributed by atoms with E-state index in [9.17, 15) is 9.59 Å². The van der Waals surface area contributed by atoms with Crippen LogP contribution in [0, 0.1) is 0 Å². The first-order chi connectivity index (χ1) is 14.9. The Morgan fingerprint density at radius 1 is 1.26 bits per heavy atom. The lowest BCUT2D eigenvalue weighted by Crippen LogP contribution is -2.37. The molecule has 0 bridgehead atoms. The average Bonchev–Trinajstić information content (AvgIpc) is 2.74. The van der Waals surface area contributed by atoms with Crippen molar-refractivity contribution >= 4 is 17.6 Å². The highest BCUT2D eigenvalue weighted by Crippen LogP contribution is 2.18. The zero-order valence-corrected chi connectivity index (χ0v) is 17.6. The topological polar surface area (TPSA) is 96.9 Å². The molecule has 31 heavy (non-hydrogen) atoms. The smallest absolute Gasteiger partial charge is 0.307 e. The predicted octanol–water partition coefficient (Wildman–Crippen LogP) is 3.74. The fraction of sp³-hybridized carbons (Fsp3) is 0.250. The van der Waals surface area contributed by atoms with E-state index < -0.39 is 5.97 Å². The summed E-state index contributed by atoms with van der Waals surface area (Å²) in [6, 6.07) is 13.6. The highest BCUT2D eigenvalue weighted by Gasteiger charge is 2.18. The SMILES string of the molecule is C/C=C\C1=C(C)OC(COc2ccc(C(=O)Nc3cccc(CC(=O)O)c3)cc2)CN1. The van der Waals surface area contributed by atoms with Gasteiger partial charge in [-0.05, 0) is 61.9 Å². The standard InChI is InChI=1S/C24H26N2O5/c1-3-5-22-16(2)31-21(14-25-22)15-30-20-10-8-18(9-11-20)24(29)26-19-7-4-6-17(12-19)13-23(27)28/h3-12,21,25H,13-15H2,1-2H3,(H,26,29)(H,27,28)/b5-3-. The monoisotopic (exact) mass is 422 g/mol. The Hall–Kier alpha value is -3.74. The summed E-state index contributed by atoms with van der Waals surface area (Å²) in [5.41, 5.74) is 2.62. The van der Waals surface area contributed by atoms with Crippen molar-refractivity contribution in [2.75, 3.05) is 18.5 Å². The number of ether oxygens (including phenoxy) is 2. The second kappa shape index (κ2) is 10.3. The molecule has 1 atom stereocenters. The molecule has 0 fully saturated rings. The number of carboxylic acids is 1. The molecule has 2 aromatic carbocycles. The van der Waals surface area contributed by atoms with Gasteiger partial charge in [0.05, 0.1) is 18.7 Å². The molecule has 0 aliphatic carbocycles. The van der Waals surface area contributed by atoms with Gasteiger partial charge < -0.3 is 25.2 Å². The minimum absolute atomic E-state index is 0.0953. The van der Waals surface area contributed by atoms with Gasteiger partial charge in [0.2, 0.25) is 0 Å². The molecule has 0 saturated carbocycles. The maximum atomic E-state index is 12.5. The highest BCUT2D eigenvalue weighted by atomic mass is 16.5. The Labute approximate surface area is 181 Å². The van der Waals surface area contributed by atoms with E-state index in [2.05, 4.69) is 10.6 Å². The fourth-order valence-corrected chi connectivity index (χ4v) is 3.17. The Balaban J connectivity index is 1.53. The van der Waals surface area contributed by atoms with Gasteiger partial charge in [-0.25, -0.2) is 0 Å². The van der Waals surface area contributed by atoms with Gasteiger partial charge in [0.25, 0.3) is 5.91 Å². The second-order valence-electron chi connectivity index (χ2n) is 7.15. The molecular formula is C24H26N2O5. The number of allylic oxidation sites excluding steroid dienone is 3. The summed E-state index contributed by atoms with van der Waals surface area (Å²) in [4.78, 5) is 23.3. The minimum atomic E-state index is -0.919. The Bertz CT molecular complexity index is 995. The molecule has 1 unspecified atom stereocenters. The molecule has 2 aromatic rings. The number of carbonyl (C=O) groups excluding carboxylic acids is 1. The summed E-state index contributed by atoms with van der Waals surface area (Å²) in [6.07, 6.45) is 3.73. The van der Waals surface area contributed by atoms with Gasteiger partial charge in [-0.3, -0.25) is 9.59 Å². The van der Waals surface area contributed by atoms with Gasteiger partial charge in [-0.2, -0.15) is 0 Å². The third-order valence-corrected chi connectivity index (χ3v) is 4.67. The predicted molar refractivity (Wildman–Crippen MR) is 118 cm³/mol. The van der Waals surface area contributed by atoms with Gasteiger partial charge in [0.15, 0.2) is 0 Å². The van der Waals surface area contributed by atoms with Crippen molar-refractivity contribution in [2.24, 2.45) is 0 Å². The van der Waals surface area contributed by atoms with Crippen molar-refractivity contribution < 1.29 is 24.2 Å². The molecule has 0 aromatic heterocycles. The summed E-state index contributed by atoms with van der Waals surface area (Å²) in [7, 11) is 0. The minimum Gasteiger partial charge on any atom is -0.490 e. The van der Waals surface area contributed by atoms with Crippen LogP contribution in [-0.4, -0.2) is 36.2 Å². The molecule has 1 aliphatic heterocycles. The van der Waals surface area contributed by atoms with Crippen LogP contribution < -0.4 is 15.4 Å². The zero-order chi connectivity index (χ0) is 22.2. The van der Waals surface area contributed by atoms with Crippen LogP contribution in [0.2, 0.25) is 0 Å². The number of amides is 1. The normalized spacial score (nSPS) is 15.9. The van der Waals surface area contributed by atoms with E-state index in [1.54, 1.807) is 48.5 Å². The molecule has 3 N–H and O–H groups in total. The number of benzene rings is 2. The van der Waals surface area contributed by atoms with Gasteiger partial charge in [0.1, 0.15) is 24.2 Å². The van der Waals surface area contributed by atoms with E-state index in [1.807, 2.05) is 26.0 Å². The highest BCUT2D eigenvalue weighted by molar-refractivity contribution is 6.04. The number of rotatable bonds is 8. The zero-order valence-electron chi connectivity index (χ0n) is 17.6. The number of nitrogens with one attached hydrogen (secondary N) is 2. The molecule has 3 rings (SSSR count). The van der Waals surface area contributed by atoms with Crippen LogP contribution in [0.15, 0.2) is 72.1 Å². The third kappa shape index (κ3) is 6.37. The molecule has 0 radical (unpaired) electrons. The Kier molecular flexibility index (Phi) is 7.32. The summed E-state index contributed by atoms with van der Waals surface area (Å²) in [6.45, 7) is 4.91. The first-order valence-electron chi connectivity index (χ1n) is 10.0. The maximum Gasteiger partial charge on any atom is 0.307 e. The Morgan fingerprint density at radius 2 is 2.03 bits per heavy atom.